The fraction of sp³-hybridized carbons (Fsp3) is 0.118. The Hall–Kier alpha value is -3.11. The average Bonchev–Trinajstić information content (AvgIpc) is 3.21. The van der Waals surface area contributed by atoms with E-state index in [-0.39, 0.29) is 16.5 Å². The molecule has 1 aromatic carbocycles. The van der Waals surface area contributed by atoms with E-state index in [2.05, 4.69) is 20.6 Å². The van der Waals surface area contributed by atoms with Crippen molar-refractivity contribution in [1.82, 2.24) is 9.97 Å². The fourth-order valence-electron chi connectivity index (χ4n) is 2.20. The van der Waals surface area contributed by atoms with Gasteiger partial charge in [-0.05, 0) is 31.2 Å². The number of aromatic nitrogens is 2. The molecule has 0 spiro atoms. The Morgan fingerprint density at radius 1 is 1.07 bits per heavy atom. The van der Waals surface area contributed by atoms with Crippen LogP contribution in [0.25, 0.3) is 10.6 Å². The van der Waals surface area contributed by atoms with Crippen molar-refractivity contribution in [3.63, 3.8) is 0 Å². The summed E-state index contributed by atoms with van der Waals surface area (Å²) in [5.74, 6) is -1.63. The SMILES string of the molecule is CC(=O)Nc1nc(C)c(-c2csc(C(=O)Nc3ccc(C(=O)O)cc3)n2)s1. The summed E-state index contributed by atoms with van der Waals surface area (Å²) in [5, 5.41) is 16.7. The molecule has 0 aliphatic heterocycles. The van der Waals surface area contributed by atoms with E-state index < -0.39 is 11.9 Å². The highest BCUT2D eigenvalue weighted by molar-refractivity contribution is 7.19. The predicted octanol–water partition coefficient (Wildman–Crippen LogP) is 3.48. The van der Waals surface area contributed by atoms with Crippen LogP contribution in [-0.2, 0) is 4.79 Å². The molecule has 2 heterocycles. The van der Waals surface area contributed by atoms with E-state index in [9.17, 15) is 14.4 Å². The van der Waals surface area contributed by atoms with Crippen LogP contribution in [0.1, 0.15) is 32.8 Å². The van der Waals surface area contributed by atoms with Gasteiger partial charge in [0.25, 0.3) is 5.91 Å². The number of carboxylic acids is 1. The number of anilines is 2. The van der Waals surface area contributed by atoms with Gasteiger partial charge in [-0.2, -0.15) is 0 Å². The Morgan fingerprint density at radius 3 is 2.41 bits per heavy atom. The molecule has 0 atom stereocenters. The number of carbonyl (C=O) groups is 3. The molecule has 2 amide bonds. The molecule has 0 unspecified atom stereocenters. The first-order valence-electron chi connectivity index (χ1n) is 7.69. The molecule has 0 bridgehead atoms. The van der Waals surface area contributed by atoms with E-state index in [0.29, 0.717) is 22.2 Å². The standard InChI is InChI=1S/C17H14N4O4S2/c1-8-13(27-17(18-8)19-9(2)22)12-7-26-15(21-12)14(23)20-11-5-3-10(4-6-11)16(24)25/h3-7H,1-2H3,(H,20,23)(H,24,25)(H,18,19,22). The van der Waals surface area contributed by atoms with Gasteiger partial charge in [-0.1, -0.05) is 11.3 Å². The molecule has 27 heavy (non-hydrogen) atoms. The number of aryl methyl sites for hydroxylation is 1. The first-order valence-corrected chi connectivity index (χ1v) is 9.38. The summed E-state index contributed by atoms with van der Waals surface area (Å²) in [6.45, 7) is 3.21. The van der Waals surface area contributed by atoms with Crippen LogP contribution in [0, 0.1) is 6.92 Å². The Bertz CT molecular complexity index is 1020. The number of carboxylic acid groups (broad SMARTS) is 1. The van der Waals surface area contributed by atoms with Crippen molar-refractivity contribution < 1.29 is 19.5 Å². The second-order valence-electron chi connectivity index (χ2n) is 5.49. The van der Waals surface area contributed by atoms with E-state index >= 15 is 0 Å². The Balaban J connectivity index is 1.75. The van der Waals surface area contributed by atoms with Gasteiger partial charge in [-0.25, -0.2) is 14.8 Å². The van der Waals surface area contributed by atoms with Crippen molar-refractivity contribution in [1.29, 1.82) is 0 Å². The highest BCUT2D eigenvalue weighted by atomic mass is 32.1. The second kappa shape index (κ2) is 7.64. The number of hydrogen-bond acceptors (Lipinski definition) is 7. The zero-order valence-electron chi connectivity index (χ0n) is 14.3. The molecule has 3 aromatic rings. The quantitative estimate of drug-likeness (QED) is 0.601. The normalized spacial score (nSPS) is 10.4. The minimum Gasteiger partial charge on any atom is -0.478 e. The van der Waals surface area contributed by atoms with Crippen LogP contribution in [0.5, 0.6) is 0 Å². The number of benzene rings is 1. The second-order valence-corrected chi connectivity index (χ2v) is 7.35. The lowest BCUT2D eigenvalue weighted by atomic mass is 10.2. The van der Waals surface area contributed by atoms with Gasteiger partial charge < -0.3 is 15.7 Å². The van der Waals surface area contributed by atoms with Gasteiger partial charge in [-0.3, -0.25) is 9.59 Å². The maximum atomic E-state index is 12.4. The summed E-state index contributed by atoms with van der Waals surface area (Å²) in [6, 6.07) is 5.86. The van der Waals surface area contributed by atoms with Crippen LogP contribution in [0.15, 0.2) is 29.6 Å². The van der Waals surface area contributed by atoms with Crippen LogP contribution in [0.3, 0.4) is 0 Å². The first kappa shape index (κ1) is 18.7. The third-order valence-corrected chi connectivity index (χ3v) is 5.34. The van der Waals surface area contributed by atoms with Gasteiger partial charge in [0.15, 0.2) is 10.1 Å². The molecule has 0 radical (unpaired) electrons. The summed E-state index contributed by atoms with van der Waals surface area (Å²) in [5.41, 5.74) is 1.94. The number of nitrogens with zero attached hydrogens (tertiary/aromatic N) is 2. The van der Waals surface area contributed by atoms with E-state index in [1.165, 1.54) is 53.9 Å². The highest BCUT2D eigenvalue weighted by Gasteiger charge is 2.17. The molecule has 2 aromatic heterocycles. The molecular formula is C17H14N4O4S2. The zero-order valence-corrected chi connectivity index (χ0v) is 15.9. The van der Waals surface area contributed by atoms with Gasteiger partial charge in [0.1, 0.15) is 0 Å². The number of rotatable bonds is 5. The summed E-state index contributed by atoms with van der Waals surface area (Å²) in [4.78, 5) is 43.8. The minimum absolute atomic E-state index is 0.139. The van der Waals surface area contributed by atoms with Crippen LogP contribution in [0.2, 0.25) is 0 Å². The van der Waals surface area contributed by atoms with E-state index in [0.717, 1.165) is 4.88 Å². The smallest absolute Gasteiger partial charge is 0.335 e. The Labute approximate surface area is 161 Å². The van der Waals surface area contributed by atoms with Gasteiger partial charge in [0, 0.05) is 18.0 Å². The van der Waals surface area contributed by atoms with E-state index in [4.69, 9.17) is 5.11 Å². The van der Waals surface area contributed by atoms with Crippen LogP contribution in [-0.4, -0.2) is 32.9 Å². The molecule has 138 valence electrons. The van der Waals surface area contributed by atoms with Gasteiger partial charge in [0.2, 0.25) is 5.91 Å². The number of carbonyl (C=O) groups excluding carboxylic acids is 2. The zero-order chi connectivity index (χ0) is 19.6. The van der Waals surface area contributed by atoms with Gasteiger partial charge in [0.05, 0.1) is 21.8 Å². The predicted molar refractivity (Wildman–Crippen MR) is 104 cm³/mol. The number of amides is 2. The van der Waals surface area contributed by atoms with Crippen molar-refractivity contribution in [2.45, 2.75) is 13.8 Å². The van der Waals surface area contributed by atoms with E-state index in [1.807, 2.05) is 0 Å². The highest BCUT2D eigenvalue weighted by Crippen LogP contribution is 2.33. The maximum Gasteiger partial charge on any atom is 0.335 e. The largest absolute Gasteiger partial charge is 0.478 e. The van der Waals surface area contributed by atoms with Crippen molar-refractivity contribution in [2.75, 3.05) is 10.6 Å². The Kier molecular flexibility index (Phi) is 5.28. The minimum atomic E-state index is -1.03. The molecule has 3 N–H and O–H groups in total. The summed E-state index contributed by atoms with van der Waals surface area (Å²) < 4.78 is 0. The van der Waals surface area contributed by atoms with Crippen molar-refractivity contribution in [3.8, 4) is 10.6 Å². The molecule has 0 saturated carbocycles. The molecular weight excluding hydrogens is 388 g/mol. The molecule has 3 rings (SSSR count). The third-order valence-electron chi connectivity index (χ3n) is 3.40. The van der Waals surface area contributed by atoms with Crippen LogP contribution in [0.4, 0.5) is 10.8 Å². The third kappa shape index (κ3) is 4.36. The van der Waals surface area contributed by atoms with Gasteiger partial charge >= 0.3 is 5.97 Å². The average molecular weight is 402 g/mol. The molecule has 0 aliphatic rings. The summed E-state index contributed by atoms with van der Waals surface area (Å²) in [7, 11) is 0. The fourth-order valence-corrected chi connectivity index (χ4v) is 3.95. The topological polar surface area (TPSA) is 121 Å². The lowest BCUT2D eigenvalue weighted by molar-refractivity contribution is -0.114. The number of aromatic carboxylic acids is 1. The molecule has 0 saturated heterocycles. The van der Waals surface area contributed by atoms with Crippen molar-refractivity contribution in [2.24, 2.45) is 0 Å². The monoisotopic (exact) mass is 402 g/mol. The number of thiazole rings is 2. The van der Waals surface area contributed by atoms with Crippen LogP contribution < -0.4 is 10.6 Å². The van der Waals surface area contributed by atoms with Gasteiger partial charge in [-0.15, -0.1) is 11.3 Å². The lowest BCUT2D eigenvalue weighted by Crippen LogP contribution is -2.11. The van der Waals surface area contributed by atoms with Crippen molar-refractivity contribution >= 4 is 51.3 Å². The molecule has 8 nitrogen and oxygen atoms in total. The Morgan fingerprint density at radius 2 is 1.78 bits per heavy atom. The number of nitrogens with one attached hydrogen (secondary N) is 2. The molecule has 0 fully saturated rings. The van der Waals surface area contributed by atoms with E-state index in [1.54, 1.807) is 12.3 Å². The lowest BCUT2D eigenvalue weighted by Gasteiger charge is -2.03. The van der Waals surface area contributed by atoms with Crippen LogP contribution >= 0.6 is 22.7 Å². The number of hydrogen-bond donors (Lipinski definition) is 3. The first-order chi connectivity index (χ1) is 12.8. The molecule has 10 heteroatoms. The van der Waals surface area contributed by atoms with Crippen molar-refractivity contribution in [3.05, 3.63) is 45.9 Å². The maximum absolute atomic E-state index is 12.4. The molecule has 0 aliphatic carbocycles. The summed E-state index contributed by atoms with van der Waals surface area (Å²) in [6.07, 6.45) is 0. The summed E-state index contributed by atoms with van der Waals surface area (Å²) >= 11 is 2.47.